The maximum Gasteiger partial charge on any atom is 0.0806 e. The van der Waals surface area contributed by atoms with Gasteiger partial charge in [0.1, 0.15) is 0 Å². The predicted octanol–water partition coefficient (Wildman–Crippen LogP) is 3.61. The van der Waals surface area contributed by atoms with Crippen LogP contribution in [0.5, 0.6) is 0 Å². The summed E-state index contributed by atoms with van der Waals surface area (Å²) in [5.74, 6) is 0. The van der Waals surface area contributed by atoms with E-state index < -0.39 is 0 Å². The second-order valence-corrected chi connectivity index (χ2v) is 2.59. The van der Waals surface area contributed by atoms with Crippen molar-refractivity contribution in [2.24, 2.45) is 5.11 Å². The lowest BCUT2D eigenvalue weighted by atomic mass is 10.1. The lowest BCUT2D eigenvalue weighted by molar-refractivity contribution is 0.895. The number of hydrogen-bond acceptors (Lipinski definition) is 1. The highest BCUT2D eigenvalue weighted by Crippen LogP contribution is 2.18. The molecule has 0 bridgehead atoms. The van der Waals surface area contributed by atoms with Crippen molar-refractivity contribution in [2.45, 2.75) is 13.0 Å². The van der Waals surface area contributed by atoms with Crippen LogP contribution >= 0.6 is 0 Å². The third-order valence-corrected chi connectivity index (χ3v) is 1.69. The van der Waals surface area contributed by atoms with Crippen molar-refractivity contribution in [3.05, 3.63) is 58.5 Å². The first-order chi connectivity index (χ1) is 6.38. The number of allylic oxidation sites excluding steroid dienone is 1. The van der Waals surface area contributed by atoms with Crippen molar-refractivity contribution in [2.75, 3.05) is 0 Å². The Balaban J connectivity index is 2.95. The van der Waals surface area contributed by atoms with E-state index in [9.17, 15) is 0 Å². The van der Waals surface area contributed by atoms with E-state index >= 15 is 0 Å². The number of hydrogen-bond donors (Lipinski definition) is 0. The van der Waals surface area contributed by atoms with Crippen LogP contribution in [0, 0.1) is 0 Å². The standard InChI is InChI=1S/C10H11N3/c1-2-6-10(12-13-11)9-7-4-3-5-8-9/h2-8,10H,1H3/b6-2-. The molecule has 0 spiro atoms. The van der Waals surface area contributed by atoms with Crippen molar-refractivity contribution in [3.63, 3.8) is 0 Å². The van der Waals surface area contributed by atoms with Gasteiger partial charge in [-0.25, -0.2) is 0 Å². The number of azide groups is 1. The molecule has 0 fully saturated rings. The van der Waals surface area contributed by atoms with Crippen LogP contribution in [0.1, 0.15) is 18.5 Å². The van der Waals surface area contributed by atoms with Crippen LogP contribution in [0.4, 0.5) is 0 Å². The minimum atomic E-state index is -0.184. The number of benzene rings is 1. The number of nitrogens with zero attached hydrogens (tertiary/aromatic N) is 3. The molecule has 0 radical (unpaired) electrons. The van der Waals surface area contributed by atoms with Gasteiger partial charge in [-0.2, -0.15) is 0 Å². The fourth-order valence-corrected chi connectivity index (χ4v) is 1.10. The second kappa shape index (κ2) is 5.01. The monoisotopic (exact) mass is 173 g/mol. The fraction of sp³-hybridized carbons (Fsp3) is 0.200. The molecule has 0 N–H and O–H groups in total. The molecule has 0 amide bonds. The zero-order valence-corrected chi connectivity index (χ0v) is 7.46. The molecule has 3 heteroatoms. The van der Waals surface area contributed by atoms with E-state index in [0.29, 0.717) is 0 Å². The van der Waals surface area contributed by atoms with Crippen LogP contribution in [-0.2, 0) is 0 Å². The molecule has 0 aliphatic heterocycles. The third kappa shape index (κ3) is 2.65. The Labute approximate surface area is 77.3 Å². The van der Waals surface area contributed by atoms with Crippen molar-refractivity contribution in [1.29, 1.82) is 0 Å². The molecule has 66 valence electrons. The molecule has 0 heterocycles. The summed E-state index contributed by atoms with van der Waals surface area (Å²) in [6.45, 7) is 1.91. The summed E-state index contributed by atoms with van der Waals surface area (Å²) >= 11 is 0. The van der Waals surface area contributed by atoms with Gasteiger partial charge in [0.15, 0.2) is 0 Å². The van der Waals surface area contributed by atoms with Crippen LogP contribution in [0.2, 0.25) is 0 Å². The van der Waals surface area contributed by atoms with Gasteiger partial charge in [0, 0.05) is 4.91 Å². The van der Waals surface area contributed by atoms with Crippen LogP contribution in [0.25, 0.3) is 10.4 Å². The molecule has 0 saturated carbocycles. The van der Waals surface area contributed by atoms with Gasteiger partial charge < -0.3 is 0 Å². The van der Waals surface area contributed by atoms with E-state index in [0.717, 1.165) is 5.56 Å². The first-order valence-electron chi connectivity index (χ1n) is 4.10. The van der Waals surface area contributed by atoms with Crippen molar-refractivity contribution >= 4 is 0 Å². The summed E-state index contributed by atoms with van der Waals surface area (Å²) in [4.78, 5) is 2.80. The molecule has 0 aromatic heterocycles. The van der Waals surface area contributed by atoms with Gasteiger partial charge in [-0.1, -0.05) is 47.6 Å². The van der Waals surface area contributed by atoms with E-state index in [4.69, 9.17) is 5.53 Å². The normalized spacial score (nSPS) is 12.4. The third-order valence-electron chi connectivity index (χ3n) is 1.69. The zero-order valence-electron chi connectivity index (χ0n) is 7.46. The van der Waals surface area contributed by atoms with Gasteiger partial charge >= 0.3 is 0 Å². The Hall–Kier alpha value is -1.73. The first-order valence-corrected chi connectivity index (χ1v) is 4.10. The molecular weight excluding hydrogens is 162 g/mol. The quantitative estimate of drug-likeness (QED) is 0.290. The van der Waals surface area contributed by atoms with E-state index in [2.05, 4.69) is 10.0 Å². The van der Waals surface area contributed by atoms with Crippen LogP contribution in [-0.4, -0.2) is 0 Å². The van der Waals surface area contributed by atoms with E-state index in [1.807, 2.05) is 49.4 Å². The lowest BCUT2D eigenvalue weighted by Crippen LogP contribution is -1.88. The minimum Gasteiger partial charge on any atom is -0.0909 e. The molecule has 0 aliphatic carbocycles. The highest BCUT2D eigenvalue weighted by molar-refractivity contribution is 5.22. The summed E-state index contributed by atoms with van der Waals surface area (Å²) in [6, 6.07) is 9.50. The summed E-state index contributed by atoms with van der Waals surface area (Å²) < 4.78 is 0. The maximum absolute atomic E-state index is 8.35. The SMILES string of the molecule is C/C=C\C(N=[N+]=[N-])c1ccccc1. The average molecular weight is 173 g/mol. The van der Waals surface area contributed by atoms with Gasteiger partial charge in [-0.15, -0.1) is 0 Å². The molecule has 13 heavy (non-hydrogen) atoms. The highest BCUT2D eigenvalue weighted by Gasteiger charge is 2.02. The Kier molecular flexibility index (Phi) is 3.61. The minimum absolute atomic E-state index is 0.184. The molecular formula is C10H11N3. The van der Waals surface area contributed by atoms with Gasteiger partial charge in [-0.3, -0.25) is 0 Å². The van der Waals surface area contributed by atoms with Crippen molar-refractivity contribution < 1.29 is 0 Å². The van der Waals surface area contributed by atoms with Gasteiger partial charge in [0.25, 0.3) is 0 Å². The Bertz CT molecular complexity index is 323. The first kappa shape index (κ1) is 9.36. The molecule has 0 aliphatic rings. The predicted molar refractivity (Wildman–Crippen MR) is 53.1 cm³/mol. The summed E-state index contributed by atoms with van der Waals surface area (Å²) in [5.41, 5.74) is 9.36. The molecule has 1 unspecified atom stereocenters. The Morgan fingerprint density at radius 2 is 2.08 bits per heavy atom. The van der Waals surface area contributed by atoms with Gasteiger partial charge in [0.05, 0.1) is 6.04 Å². The molecule has 1 aromatic carbocycles. The number of rotatable bonds is 3. The largest absolute Gasteiger partial charge is 0.0909 e. The highest BCUT2D eigenvalue weighted by atomic mass is 15.1. The fourth-order valence-electron chi connectivity index (χ4n) is 1.10. The van der Waals surface area contributed by atoms with Crippen LogP contribution in [0.3, 0.4) is 0 Å². The van der Waals surface area contributed by atoms with E-state index in [-0.39, 0.29) is 6.04 Å². The zero-order chi connectivity index (χ0) is 9.52. The van der Waals surface area contributed by atoms with Gasteiger partial charge in [0.2, 0.25) is 0 Å². The van der Waals surface area contributed by atoms with Crippen LogP contribution in [0.15, 0.2) is 47.6 Å². The summed E-state index contributed by atoms with van der Waals surface area (Å²) in [6.07, 6.45) is 3.75. The summed E-state index contributed by atoms with van der Waals surface area (Å²) in [5, 5.41) is 3.68. The second-order valence-electron chi connectivity index (χ2n) is 2.59. The molecule has 0 saturated heterocycles. The maximum atomic E-state index is 8.35. The molecule has 1 aromatic rings. The smallest absolute Gasteiger partial charge is 0.0806 e. The van der Waals surface area contributed by atoms with Gasteiger partial charge in [-0.05, 0) is 18.0 Å². The van der Waals surface area contributed by atoms with Crippen molar-refractivity contribution in [3.8, 4) is 0 Å². The Morgan fingerprint density at radius 1 is 1.38 bits per heavy atom. The molecule has 3 nitrogen and oxygen atoms in total. The van der Waals surface area contributed by atoms with E-state index in [1.165, 1.54) is 0 Å². The topological polar surface area (TPSA) is 48.8 Å². The summed E-state index contributed by atoms with van der Waals surface area (Å²) in [7, 11) is 0. The molecule has 1 atom stereocenters. The lowest BCUT2D eigenvalue weighted by Gasteiger charge is -2.04. The van der Waals surface area contributed by atoms with E-state index in [1.54, 1.807) is 0 Å². The van der Waals surface area contributed by atoms with Crippen LogP contribution < -0.4 is 0 Å². The Morgan fingerprint density at radius 3 is 2.62 bits per heavy atom. The average Bonchev–Trinajstić information content (AvgIpc) is 2.19. The molecule has 1 rings (SSSR count). The van der Waals surface area contributed by atoms with Crippen molar-refractivity contribution in [1.82, 2.24) is 0 Å².